The lowest BCUT2D eigenvalue weighted by Crippen LogP contribution is -2.14. The third-order valence-electron chi connectivity index (χ3n) is 1.52. The number of ketones is 1. The van der Waals surface area contributed by atoms with E-state index in [4.69, 9.17) is 0 Å². The SMILES string of the molecule is C=C(C(=O)/C=C/C)C(C)(C)C. The summed E-state index contributed by atoms with van der Waals surface area (Å²) in [5.41, 5.74) is 0.548. The van der Waals surface area contributed by atoms with E-state index in [9.17, 15) is 4.79 Å². The molecule has 0 spiro atoms. The van der Waals surface area contributed by atoms with Crippen LogP contribution in [0.1, 0.15) is 27.7 Å². The Balaban J connectivity index is 4.39. The van der Waals surface area contributed by atoms with E-state index in [0.29, 0.717) is 5.57 Å². The van der Waals surface area contributed by atoms with Gasteiger partial charge in [-0.05, 0) is 24.0 Å². The molecule has 0 atom stereocenters. The summed E-state index contributed by atoms with van der Waals surface area (Å²) >= 11 is 0. The zero-order valence-corrected chi connectivity index (χ0v) is 7.77. The van der Waals surface area contributed by atoms with Crippen LogP contribution in [-0.2, 0) is 4.79 Å². The maximum Gasteiger partial charge on any atom is 0.181 e. The molecule has 0 heterocycles. The van der Waals surface area contributed by atoms with Crippen molar-refractivity contribution in [3.05, 3.63) is 24.3 Å². The molecule has 0 aromatic carbocycles. The lowest BCUT2D eigenvalue weighted by Gasteiger charge is -2.18. The van der Waals surface area contributed by atoms with Crippen LogP contribution in [0.5, 0.6) is 0 Å². The van der Waals surface area contributed by atoms with Crippen LogP contribution in [0, 0.1) is 5.41 Å². The van der Waals surface area contributed by atoms with Crippen LogP contribution in [0.2, 0.25) is 0 Å². The number of carbonyl (C=O) groups excluding carboxylic acids is 1. The molecule has 11 heavy (non-hydrogen) atoms. The zero-order valence-electron chi connectivity index (χ0n) is 7.77. The van der Waals surface area contributed by atoms with E-state index in [0.717, 1.165) is 0 Å². The molecule has 0 aliphatic rings. The van der Waals surface area contributed by atoms with Gasteiger partial charge in [0.25, 0.3) is 0 Å². The minimum Gasteiger partial charge on any atom is -0.290 e. The standard InChI is InChI=1S/C10H16O/c1-6-7-9(11)8(2)10(3,4)5/h6-7H,2H2,1,3-5H3/b7-6+. The molecule has 0 amide bonds. The average Bonchev–Trinajstić information content (AvgIpc) is 1.85. The minimum absolute atomic E-state index is 0.0278. The monoisotopic (exact) mass is 152 g/mol. The van der Waals surface area contributed by atoms with Gasteiger partial charge in [0.15, 0.2) is 5.78 Å². The van der Waals surface area contributed by atoms with Gasteiger partial charge in [-0.3, -0.25) is 4.79 Å². The molecule has 0 aromatic heterocycles. The van der Waals surface area contributed by atoms with Crippen molar-refractivity contribution in [2.45, 2.75) is 27.7 Å². The summed E-state index contributed by atoms with van der Waals surface area (Å²) in [6.45, 7) is 11.5. The van der Waals surface area contributed by atoms with Crippen LogP contribution in [0.3, 0.4) is 0 Å². The molecule has 1 heteroatoms. The Hall–Kier alpha value is -0.850. The maximum atomic E-state index is 11.2. The van der Waals surface area contributed by atoms with Gasteiger partial charge in [-0.1, -0.05) is 33.4 Å². The van der Waals surface area contributed by atoms with Gasteiger partial charge in [0.2, 0.25) is 0 Å². The molecule has 62 valence electrons. The van der Waals surface area contributed by atoms with E-state index in [-0.39, 0.29) is 11.2 Å². The van der Waals surface area contributed by atoms with Gasteiger partial charge < -0.3 is 0 Å². The Morgan fingerprint density at radius 1 is 1.36 bits per heavy atom. The van der Waals surface area contributed by atoms with Gasteiger partial charge in [-0.2, -0.15) is 0 Å². The summed E-state index contributed by atoms with van der Waals surface area (Å²) in [6, 6.07) is 0. The molecule has 0 rings (SSSR count). The van der Waals surface area contributed by atoms with Gasteiger partial charge >= 0.3 is 0 Å². The number of rotatable bonds is 2. The molecule has 0 fully saturated rings. The third kappa shape index (κ3) is 3.17. The average molecular weight is 152 g/mol. The molecule has 0 saturated heterocycles. The van der Waals surface area contributed by atoms with E-state index in [1.165, 1.54) is 0 Å². The van der Waals surface area contributed by atoms with Gasteiger partial charge in [0, 0.05) is 0 Å². The van der Waals surface area contributed by atoms with Crippen LogP contribution < -0.4 is 0 Å². The van der Waals surface area contributed by atoms with Crippen LogP contribution in [0.15, 0.2) is 24.3 Å². The summed E-state index contributed by atoms with van der Waals surface area (Å²) in [6.07, 6.45) is 3.28. The number of carbonyl (C=O) groups is 1. The summed E-state index contributed by atoms with van der Waals surface area (Å²) in [4.78, 5) is 11.2. The summed E-state index contributed by atoms with van der Waals surface area (Å²) in [5, 5.41) is 0. The predicted molar refractivity (Wildman–Crippen MR) is 48.4 cm³/mol. The van der Waals surface area contributed by atoms with Crippen molar-refractivity contribution in [2.24, 2.45) is 5.41 Å². The van der Waals surface area contributed by atoms with Crippen molar-refractivity contribution in [1.82, 2.24) is 0 Å². The van der Waals surface area contributed by atoms with Gasteiger partial charge in [0.1, 0.15) is 0 Å². The highest BCUT2D eigenvalue weighted by Crippen LogP contribution is 2.24. The topological polar surface area (TPSA) is 17.1 Å². The van der Waals surface area contributed by atoms with Crippen molar-refractivity contribution in [3.8, 4) is 0 Å². The first kappa shape index (κ1) is 10.2. The van der Waals surface area contributed by atoms with E-state index >= 15 is 0 Å². The van der Waals surface area contributed by atoms with Gasteiger partial charge in [-0.15, -0.1) is 0 Å². The van der Waals surface area contributed by atoms with E-state index in [1.54, 1.807) is 12.2 Å². The molecule has 0 saturated carbocycles. The van der Waals surface area contributed by atoms with Crippen molar-refractivity contribution < 1.29 is 4.79 Å². The van der Waals surface area contributed by atoms with E-state index < -0.39 is 0 Å². The van der Waals surface area contributed by atoms with Crippen molar-refractivity contribution in [1.29, 1.82) is 0 Å². The largest absolute Gasteiger partial charge is 0.290 e. The van der Waals surface area contributed by atoms with E-state index in [2.05, 4.69) is 6.58 Å². The molecule has 0 N–H and O–H groups in total. The molecule has 0 aromatic rings. The summed E-state index contributed by atoms with van der Waals surface area (Å²) < 4.78 is 0. The zero-order chi connectivity index (χ0) is 9.07. The van der Waals surface area contributed by atoms with Crippen LogP contribution >= 0.6 is 0 Å². The highest BCUT2D eigenvalue weighted by atomic mass is 16.1. The Morgan fingerprint density at radius 3 is 2.09 bits per heavy atom. The summed E-state index contributed by atoms with van der Waals surface area (Å²) in [7, 11) is 0. The van der Waals surface area contributed by atoms with Crippen LogP contribution in [0.25, 0.3) is 0 Å². The lowest BCUT2D eigenvalue weighted by atomic mass is 9.85. The first-order valence-corrected chi connectivity index (χ1v) is 3.76. The fraction of sp³-hybridized carbons (Fsp3) is 0.500. The first-order chi connectivity index (χ1) is 4.89. The van der Waals surface area contributed by atoms with Crippen LogP contribution in [-0.4, -0.2) is 5.78 Å². The second-order valence-corrected chi connectivity index (χ2v) is 3.59. The normalized spacial score (nSPS) is 12.0. The van der Waals surface area contributed by atoms with Crippen molar-refractivity contribution in [3.63, 3.8) is 0 Å². The maximum absolute atomic E-state index is 11.2. The lowest BCUT2D eigenvalue weighted by molar-refractivity contribution is -0.112. The molecule has 1 nitrogen and oxygen atoms in total. The molecule has 0 bridgehead atoms. The fourth-order valence-corrected chi connectivity index (χ4v) is 0.622. The quantitative estimate of drug-likeness (QED) is 0.556. The molecular weight excluding hydrogens is 136 g/mol. The Morgan fingerprint density at radius 2 is 1.82 bits per heavy atom. The number of allylic oxidation sites excluding steroid dienone is 3. The van der Waals surface area contributed by atoms with Crippen molar-refractivity contribution in [2.75, 3.05) is 0 Å². The Labute approximate surface area is 68.8 Å². The highest BCUT2D eigenvalue weighted by Gasteiger charge is 2.18. The second kappa shape index (κ2) is 3.51. The minimum atomic E-state index is -0.114. The Kier molecular flexibility index (Phi) is 3.24. The molecule has 0 aliphatic carbocycles. The third-order valence-corrected chi connectivity index (χ3v) is 1.52. The fourth-order valence-electron chi connectivity index (χ4n) is 0.622. The first-order valence-electron chi connectivity index (χ1n) is 3.76. The number of hydrogen-bond donors (Lipinski definition) is 0. The highest BCUT2D eigenvalue weighted by molar-refractivity contribution is 6.04. The molecule has 0 aliphatic heterocycles. The molecular formula is C10H16O. The summed E-state index contributed by atoms with van der Waals surface area (Å²) in [5.74, 6) is 0.0278. The number of hydrogen-bond acceptors (Lipinski definition) is 1. The molecule has 0 radical (unpaired) electrons. The Bertz CT molecular complexity index is 191. The van der Waals surface area contributed by atoms with Gasteiger partial charge in [-0.25, -0.2) is 0 Å². The second-order valence-electron chi connectivity index (χ2n) is 3.59. The van der Waals surface area contributed by atoms with Crippen molar-refractivity contribution >= 4 is 5.78 Å². The predicted octanol–water partition coefficient (Wildman–Crippen LogP) is 2.73. The van der Waals surface area contributed by atoms with E-state index in [1.807, 2.05) is 27.7 Å². The molecule has 0 unspecified atom stereocenters. The smallest absolute Gasteiger partial charge is 0.181 e. The van der Waals surface area contributed by atoms with Crippen LogP contribution in [0.4, 0.5) is 0 Å². The van der Waals surface area contributed by atoms with Gasteiger partial charge in [0.05, 0.1) is 0 Å².